The molecule has 1 unspecified atom stereocenters. The van der Waals surface area contributed by atoms with Crippen molar-refractivity contribution in [1.29, 1.82) is 0 Å². The summed E-state index contributed by atoms with van der Waals surface area (Å²) < 4.78 is 6.87. The molecular weight excluding hydrogens is 368 g/mol. The molecule has 2 aromatic heterocycles. The van der Waals surface area contributed by atoms with Crippen molar-refractivity contribution in [3.63, 3.8) is 0 Å². The highest BCUT2D eigenvalue weighted by Crippen LogP contribution is 2.09. The summed E-state index contributed by atoms with van der Waals surface area (Å²) in [7, 11) is 0. The van der Waals surface area contributed by atoms with E-state index in [4.69, 9.17) is 4.42 Å². The molecule has 0 saturated heterocycles. The Bertz CT molecular complexity index is 978. The van der Waals surface area contributed by atoms with Crippen LogP contribution in [0.5, 0.6) is 0 Å². The van der Waals surface area contributed by atoms with E-state index in [0.717, 1.165) is 11.3 Å². The topological polar surface area (TPSA) is 84.5 Å². The molecule has 1 aromatic carbocycles. The predicted molar refractivity (Wildman–Crippen MR) is 111 cm³/mol. The maximum absolute atomic E-state index is 12.9. The number of nitrogens with zero attached hydrogens (tertiary/aromatic N) is 1. The van der Waals surface area contributed by atoms with E-state index in [2.05, 4.69) is 5.32 Å². The van der Waals surface area contributed by atoms with Gasteiger partial charge in [0.15, 0.2) is 0 Å². The van der Waals surface area contributed by atoms with Crippen LogP contribution < -0.4 is 10.9 Å². The number of aryl methyl sites for hydroxylation is 3. The van der Waals surface area contributed by atoms with E-state index in [1.165, 1.54) is 0 Å². The molecule has 0 aliphatic carbocycles. The van der Waals surface area contributed by atoms with E-state index in [1.54, 1.807) is 36.1 Å². The van der Waals surface area contributed by atoms with Crippen LogP contribution in [0.2, 0.25) is 0 Å². The largest absolute Gasteiger partial charge is 0.469 e. The highest BCUT2D eigenvalue weighted by Gasteiger charge is 2.18. The second-order valence-corrected chi connectivity index (χ2v) is 7.15. The van der Waals surface area contributed by atoms with Gasteiger partial charge in [-0.3, -0.25) is 9.59 Å². The lowest BCUT2D eigenvalue weighted by atomic mass is 10.0. The van der Waals surface area contributed by atoms with Gasteiger partial charge in [-0.15, -0.1) is 0 Å². The lowest BCUT2D eigenvalue weighted by molar-refractivity contribution is 0.0936. The fourth-order valence-electron chi connectivity index (χ4n) is 3.25. The molecule has 0 saturated carbocycles. The maximum Gasteiger partial charge on any atom is 0.263 e. The van der Waals surface area contributed by atoms with E-state index < -0.39 is 5.91 Å². The summed E-state index contributed by atoms with van der Waals surface area (Å²) in [5, 5.41) is 12.4. The Morgan fingerprint density at radius 3 is 2.66 bits per heavy atom. The number of carbonyl (C=O) groups excluding carboxylic acids is 1. The molecule has 6 heteroatoms. The molecule has 152 valence electrons. The number of hydrogen-bond donors (Lipinski definition) is 2. The van der Waals surface area contributed by atoms with Gasteiger partial charge in [0, 0.05) is 38.2 Å². The van der Waals surface area contributed by atoms with Gasteiger partial charge in [-0.1, -0.05) is 30.3 Å². The van der Waals surface area contributed by atoms with Crippen LogP contribution in [0.4, 0.5) is 0 Å². The first-order chi connectivity index (χ1) is 14.1. The first-order valence-corrected chi connectivity index (χ1v) is 9.74. The Labute approximate surface area is 169 Å². The van der Waals surface area contributed by atoms with Gasteiger partial charge >= 0.3 is 0 Å². The lowest BCUT2D eigenvalue weighted by Gasteiger charge is -2.15. The average Bonchev–Trinajstić information content (AvgIpc) is 3.24. The van der Waals surface area contributed by atoms with Gasteiger partial charge in [0.25, 0.3) is 11.5 Å². The van der Waals surface area contributed by atoms with E-state index in [-0.39, 0.29) is 30.2 Å². The molecule has 2 N–H and O–H groups in total. The minimum atomic E-state index is -0.417. The molecule has 0 fully saturated rings. The van der Waals surface area contributed by atoms with Gasteiger partial charge in [-0.25, -0.2) is 0 Å². The SMILES string of the molecule is Cc1ccn(CCc2ccccc2)c(=O)c1C(=O)NCC(CO)Cc1ccco1. The van der Waals surface area contributed by atoms with E-state index >= 15 is 0 Å². The molecular formula is C23H26N2O4. The number of aromatic nitrogens is 1. The highest BCUT2D eigenvalue weighted by molar-refractivity contribution is 5.95. The van der Waals surface area contributed by atoms with Crippen molar-refractivity contribution in [1.82, 2.24) is 9.88 Å². The van der Waals surface area contributed by atoms with Gasteiger partial charge in [0.2, 0.25) is 0 Å². The Hall–Kier alpha value is -3.12. The summed E-state index contributed by atoms with van der Waals surface area (Å²) in [5.41, 5.74) is 1.62. The second kappa shape index (κ2) is 9.89. The minimum absolute atomic E-state index is 0.0872. The number of carbonyl (C=O) groups is 1. The van der Waals surface area contributed by atoms with Gasteiger partial charge < -0.3 is 19.4 Å². The summed E-state index contributed by atoms with van der Waals surface area (Å²) >= 11 is 0. The van der Waals surface area contributed by atoms with Gasteiger partial charge in [0.05, 0.1) is 6.26 Å². The Balaban J connectivity index is 1.66. The van der Waals surface area contributed by atoms with E-state index in [9.17, 15) is 14.7 Å². The number of pyridine rings is 1. The standard InChI is InChI=1S/C23H26N2O4/c1-17-9-11-25(12-10-18-6-3-2-4-7-18)23(28)21(17)22(27)24-15-19(16-26)14-20-8-5-13-29-20/h2-9,11,13,19,26H,10,12,14-16H2,1H3,(H,24,27). The van der Waals surface area contributed by atoms with Crippen LogP contribution in [0.3, 0.4) is 0 Å². The zero-order chi connectivity index (χ0) is 20.6. The normalized spacial score (nSPS) is 11.9. The highest BCUT2D eigenvalue weighted by atomic mass is 16.3. The molecule has 29 heavy (non-hydrogen) atoms. The van der Waals surface area contributed by atoms with Crippen LogP contribution in [0.15, 0.2) is 70.2 Å². The molecule has 6 nitrogen and oxygen atoms in total. The molecule has 2 heterocycles. The third-order valence-corrected chi connectivity index (χ3v) is 4.96. The molecule has 0 spiro atoms. The van der Waals surface area contributed by atoms with Crippen LogP contribution in [0.1, 0.15) is 27.2 Å². The minimum Gasteiger partial charge on any atom is -0.469 e. The third-order valence-electron chi connectivity index (χ3n) is 4.96. The predicted octanol–water partition coefficient (Wildman–Crippen LogP) is 2.57. The van der Waals surface area contributed by atoms with Crippen molar-refractivity contribution < 1.29 is 14.3 Å². The summed E-state index contributed by atoms with van der Waals surface area (Å²) in [6.45, 7) is 2.43. The fraction of sp³-hybridized carbons (Fsp3) is 0.304. The average molecular weight is 394 g/mol. The number of aliphatic hydroxyl groups excluding tert-OH is 1. The number of aliphatic hydroxyl groups is 1. The molecule has 1 amide bonds. The fourth-order valence-corrected chi connectivity index (χ4v) is 3.25. The summed E-state index contributed by atoms with van der Waals surface area (Å²) in [6.07, 6.45) is 4.53. The van der Waals surface area contributed by atoms with Crippen LogP contribution in [0.25, 0.3) is 0 Å². The summed E-state index contributed by atoms with van der Waals surface area (Å²) in [5.74, 6) is 0.145. The number of benzene rings is 1. The molecule has 3 rings (SSSR count). The Morgan fingerprint density at radius 1 is 1.17 bits per heavy atom. The smallest absolute Gasteiger partial charge is 0.263 e. The third kappa shape index (κ3) is 5.45. The van der Waals surface area contributed by atoms with Crippen molar-refractivity contribution in [2.45, 2.75) is 26.3 Å². The van der Waals surface area contributed by atoms with Gasteiger partial charge in [-0.2, -0.15) is 0 Å². The van der Waals surface area contributed by atoms with Crippen LogP contribution in [0, 0.1) is 12.8 Å². The molecule has 0 radical (unpaired) electrons. The Kier molecular flexibility index (Phi) is 7.03. The zero-order valence-electron chi connectivity index (χ0n) is 16.5. The number of hydrogen-bond acceptors (Lipinski definition) is 4. The van der Waals surface area contributed by atoms with E-state index in [1.807, 2.05) is 36.4 Å². The summed E-state index contributed by atoms with van der Waals surface area (Å²) in [4.78, 5) is 25.6. The zero-order valence-corrected chi connectivity index (χ0v) is 16.5. The van der Waals surface area contributed by atoms with Gasteiger partial charge in [0.1, 0.15) is 11.3 Å². The number of furan rings is 1. The van der Waals surface area contributed by atoms with Gasteiger partial charge in [-0.05, 0) is 42.7 Å². The number of nitrogens with one attached hydrogen (secondary N) is 1. The molecule has 0 aliphatic rings. The molecule has 0 bridgehead atoms. The monoisotopic (exact) mass is 394 g/mol. The summed E-state index contributed by atoms with van der Waals surface area (Å²) in [6, 6.07) is 15.3. The van der Waals surface area contributed by atoms with Crippen molar-refractivity contribution in [2.75, 3.05) is 13.2 Å². The Morgan fingerprint density at radius 2 is 1.97 bits per heavy atom. The first-order valence-electron chi connectivity index (χ1n) is 9.74. The number of rotatable bonds is 9. The van der Waals surface area contributed by atoms with Crippen LogP contribution >= 0.6 is 0 Å². The molecule has 0 aliphatic heterocycles. The number of amides is 1. The van der Waals surface area contributed by atoms with E-state index in [0.29, 0.717) is 24.9 Å². The van der Waals surface area contributed by atoms with Crippen molar-refractivity contribution in [3.05, 3.63) is 93.8 Å². The second-order valence-electron chi connectivity index (χ2n) is 7.15. The van der Waals surface area contributed by atoms with Crippen molar-refractivity contribution >= 4 is 5.91 Å². The van der Waals surface area contributed by atoms with Crippen molar-refractivity contribution in [2.24, 2.45) is 5.92 Å². The molecule has 3 aromatic rings. The quantitative estimate of drug-likeness (QED) is 0.584. The first kappa shape index (κ1) is 20.6. The van der Waals surface area contributed by atoms with Crippen molar-refractivity contribution in [3.8, 4) is 0 Å². The van der Waals surface area contributed by atoms with Crippen LogP contribution in [-0.4, -0.2) is 28.7 Å². The lowest BCUT2D eigenvalue weighted by Crippen LogP contribution is -2.37. The maximum atomic E-state index is 12.9. The van der Waals surface area contributed by atoms with Crippen LogP contribution in [-0.2, 0) is 19.4 Å². The molecule has 1 atom stereocenters.